The fourth-order valence-electron chi connectivity index (χ4n) is 9.03. The van der Waals surface area contributed by atoms with Crippen molar-refractivity contribution in [2.45, 2.75) is 57.8 Å². The topological polar surface area (TPSA) is 3.24 Å². The van der Waals surface area contributed by atoms with Crippen LogP contribution in [0.1, 0.15) is 63.4 Å². The highest BCUT2D eigenvalue weighted by atomic mass is 15.2. The maximum atomic E-state index is 4.92. The van der Waals surface area contributed by atoms with Crippen molar-refractivity contribution in [1.82, 2.24) is 0 Å². The number of rotatable bonds is 8. The van der Waals surface area contributed by atoms with Crippen molar-refractivity contribution < 1.29 is 0 Å². The number of nitrogens with zero attached hydrogens (tertiary/aromatic N) is 1. The first-order valence-electron chi connectivity index (χ1n) is 21.2. The third kappa shape index (κ3) is 8.04. The van der Waals surface area contributed by atoms with E-state index in [1.165, 1.54) is 109 Å². The van der Waals surface area contributed by atoms with Gasteiger partial charge in [-0.25, -0.2) is 0 Å². The fourth-order valence-corrected chi connectivity index (χ4v) is 9.03. The monoisotopic (exact) mass is 749 g/mol. The first kappa shape index (κ1) is 37.2. The molecule has 0 N–H and O–H groups in total. The minimum Gasteiger partial charge on any atom is -0.310 e. The van der Waals surface area contributed by atoms with Crippen molar-refractivity contribution >= 4 is 16.9 Å². The predicted octanol–water partition coefficient (Wildman–Crippen LogP) is 16.3. The van der Waals surface area contributed by atoms with E-state index in [-0.39, 0.29) is 0 Å². The number of anilines is 2. The highest BCUT2D eigenvalue weighted by Crippen LogP contribution is 2.46. The van der Waals surface area contributed by atoms with Gasteiger partial charge in [0.25, 0.3) is 0 Å². The molecule has 7 aromatic carbocycles. The summed E-state index contributed by atoms with van der Waals surface area (Å²) in [7, 11) is 0. The molecule has 0 aromatic heterocycles. The molecule has 0 bridgehead atoms. The normalized spacial score (nSPS) is 16.1. The minimum atomic E-state index is 0.998. The Balaban J connectivity index is 1.17. The van der Waals surface area contributed by atoms with Gasteiger partial charge in [-0.1, -0.05) is 177 Å². The number of fused-ring (bicyclic) bond motifs is 1. The van der Waals surface area contributed by atoms with E-state index in [1.807, 2.05) is 0 Å². The molecular weight excluding hydrogens is 699 g/mol. The molecule has 2 aliphatic rings. The van der Waals surface area contributed by atoms with Gasteiger partial charge in [-0.2, -0.15) is 0 Å². The zero-order valence-corrected chi connectivity index (χ0v) is 33.4. The summed E-state index contributed by atoms with van der Waals surface area (Å²) in [5.41, 5.74) is 20.7. The Morgan fingerprint density at radius 2 is 0.586 bits per heavy atom. The van der Waals surface area contributed by atoms with Gasteiger partial charge in [0.15, 0.2) is 0 Å². The highest BCUT2D eigenvalue weighted by molar-refractivity contribution is 5.81. The largest absolute Gasteiger partial charge is 0.310 e. The standard InChI is InChI=1S/C57H51N/c1-42-16-6-2-13-23-54(51-32-30-47(31-33-51)44-19-9-4-10-20-44)55-24-14-15-25-56(55)57(42)58(52-38-34-49(35-39-52)45-21-11-5-12-22-45)53-40-36-50(37-41-53)48-28-26-46(27-29-48)43-17-7-3-8-18-43/h3-5,7-12,17-22,26-41H,1-2,6,13-16,23-25H2/b55-54+,57-56?. The van der Waals surface area contributed by atoms with Crippen LogP contribution in [0.2, 0.25) is 0 Å². The first-order valence-corrected chi connectivity index (χ1v) is 21.2. The van der Waals surface area contributed by atoms with Gasteiger partial charge in [-0.3, -0.25) is 0 Å². The molecule has 1 heteroatoms. The molecule has 58 heavy (non-hydrogen) atoms. The lowest BCUT2D eigenvalue weighted by Crippen LogP contribution is -2.22. The third-order valence-corrected chi connectivity index (χ3v) is 12.1. The van der Waals surface area contributed by atoms with Gasteiger partial charge in [-0.15, -0.1) is 0 Å². The van der Waals surface area contributed by atoms with Crippen LogP contribution in [-0.2, 0) is 0 Å². The summed E-state index contributed by atoms with van der Waals surface area (Å²) in [6.45, 7) is 4.92. The molecule has 1 fully saturated rings. The van der Waals surface area contributed by atoms with E-state index in [9.17, 15) is 0 Å². The molecule has 284 valence electrons. The van der Waals surface area contributed by atoms with Crippen molar-refractivity contribution in [1.29, 1.82) is 0 Å². The summed E-state index contributed by atoms with van der Waals surface area (Å²) in [4.78, 5) is 2.54. The second-order valence-corrected chi connectivity index (χ2v) is 15.8. The molecule has 0 amide bonds. The number of allylic oxidation sites excluding steroid dienone is 4. The van der Waals surface area contributed by atoms with E-state index in [4.69, 9.17) is 6.58 Å². The molecule has 9 rings (SSSR count). The lowest BCUT2D eigenvalue weighted by atomic mass is 9.79. The highest BCUT2D eigenvalue weighted by Gasteiger charge is 2.28. The number of hydrogen-bond donors (Lipinski definition) is 0. The molecule has 0 atom stereocenters. The van der Waals surface area contributed by atoms with Gasteiger partial charge in [0.1, 0.15) is 0 Å². The molecule has 0 spiro atoms. The molecule has 1 saturated carbocycles. The van der Waals surface area contributed by atoms with Gasteiger partial charge < -0.3 is 4.90 Å². The SMILES string of the molecule is C=C1CCCCC/C(c2ccc(-c3ccccc3)cc2)=C2/CCCCC2=C1N(c1ccc(-c2ccccc2)cc1)c1ccc(-c2ccc(-c3ccccc3)cc2)cc1. The van der Waals surface area contributed by atoms with Gasteiger partial charge in [-0.05, 0) is 148 Å². The molecule has 2 aliphatic carbocycles. The maximum absolute atomic E-state index is 4.92. The maximum Gasteiger partial charge on any atom is 0.0522 e. The first-order chi connectivity index (χ1) is 28.7. The fraction of sp³-hybridized carbons (Fsp3) is 0.158. The molecule has 1 nitrogen and oxygen atoms in total. The van der Waals surface area contributed by atoms with E-state index in [0.717, 1.165) is 37.8 Å². The predicted molar refractivity (Wildman–Crippen MR) is 248 cm³/mol. The average molecular weight is 750 g/mol. The van der Waals surface area contributed by atoms with Gasteiger partial charge in [0, 0.05) is 11.4 Å². The second kappa shape index (κ2) is 17.4. The summed E-state index contributed by atoms with van der Waals surface area (Å²) in [6.07, 6.45) is 10.2. The Kier molecular flexibility index (Phi) is 11.1. The van der Waals surface area contributed by atoms with Crippen LogP contribution >= 0.6 is 0 Å². The van der Waals surface area contributed by atoms with Crippen molar-refractivity contribution in [2.75, 3.05) is 4.90 Å². The van der Waals surface area contributed by atoms with E-state index in [1.54, 1.807) is 0 Å². The zero-order valence-electron chi connectivity index (χ0n) is 33.4. The molecular formula is C57H51N. The van der Waals surface area contributed by atoms with Crippen molar-refractivity contribution in [3.8, 4) is 44.5 Å². The molecule has 0 saturated heterocycles. The summed E-state index contributed by atoms with van der Waals surface area (Å²) >= 11 is 0. The molecule has 0 unspecified atom stereocenters. The lowest BCUT2D eigenvalue weighted by molar-refractivity contribution is 0.650. The van der Waals surface area contributed by atoms with Crippen molar-refractivity contribution in [3.63, 3.8) is 0 Å². The Morgan fingerprint density at radius 1 is 0.276 bits per heavy atom. The Morgan fingerprint density at radius 3 is 1.02 bits per heavy atom. The Labute approximate surface area is 345 Å². The summed E-state index contributed by atoms with van der Waals surface area (Å²) in [5, 5.41) is 0. The van der Waals surface area contributed by atoms with Crippen LogP contribution in [-0.4, -0.2) is 0 Å². The third-order valence-electron chi connectivity index (χ3n) is 12.1. The molecule has 0 aliphatic heterocycles. The van der Waals surface area contributed by atoms with E-state index in [0.29, 0.717) is 0 Å². The van der Waals surface area contributed by atoms with E-state index >= 15 is 0 Å². The van der Waals surface area contributed by atoms with Crippen LogP contribution in [0, 0.1) is 0 Å². The Bertz CT molecular complexity index is 2520. The Hall–Kier alpha value is -6.44. The summed E-state index contributed by atoms with van der Waals surface area (Å²) in [5.74, 6) is 0. The van der Waals surface area contributed by atoms with Crippen LogP contribution in [0.25, 0.3) is 50.1 Å². The van der Waals surface area contributed by atoms with Crippen molar-refractivity contribution in [3.05, 3.63) is 223 Å². The molecule has 0 radical (unpaired) electrons. The summed E-state index contributed by atoms with van der Waals surface area (Å²) < 4.78 is 0. The van der Waals surface area contributed by atoms with E-state index < -0.39 is 0 Å². The van der Waals surface area contributed by atoms with Crippen LogP contribution < -0.4 is 4.90 Å². The zero-order chi connectivity index (χ0) is 39.1. The van der Waals surface area contributed by atoms with Crippen LogP contribution in [0.4, 0.5) is 11.4 Å². The summed E-state index contributed by atoms with van der Waals surface area (Å²) in [6, 6.07) is 68.9. The number of benzene rings is 7. The van der Waals surface area contributed by atoms with Gasteiger partial charge in [0.2, 0.25) is 0 Å². The van der Waals surface area contributed by atoms with Crippen molar-refractivity contribution in [2.24, 2.45) is 0 Å². The smallest absolute Gasteiger partial charge is 0.0522 e. The molecule has 0 heterocycles. The van der Waals surface area contributed by atoms with Crippen LogP contribution in [0.5, 0.6) is 0 Å². The molecule has 7 aromatic rings. The van der Waals surface area contributed by atoms with Gasteiger partial charge in [0.05, 0.1) is 5.70 Å². The van der Waals surface area contributed by atoms with Crippen LogP contribution in [0.15, 0.2) is 217 Å². The second-order valence-electron chi connectivity index (χ2n) is 15.8. The average Bonchev–Trinajstić information content (AvgIpc) is 3.30. The lowest BCUT2D eigenvalue weighted by Gasteiger charge is -2.35. The van der Waals surface area contributed by atoms with E-state index in [2.05, 4.69) is 193 Å². The quantitative estimate of drug-likeness (QED) is 0.150. The number of hydrogen-bond acceptors (Lipinski definition) is 1. The van der Waals surface area contributed by atoms with Gasteiger partial charge >= 0.3 is 0 Å². The van der Waals surface area contributed by atoms with Crippen LogP contribution in [0.3, 0.4) is 0 Å². The minimum absolute atomic E-state index is 0.998.